The van der Waals surface area contributed by atoms with Crippen LogP contribution in [0.3, 0.4) is 0 Å². The number of aliphatic hydroxyl groups is 1. The van der Waals surface area contributed by atoms with Gasteiger partial charge in [-0.25, -0.2) is 0 Å². The molecule has 0 fully saturated rings. The first-order valence-corrected chi connectivity index (χ1v) is 7.78. The van der Waals surface area contributed by atoms with Crippen molar-refractivity contribution in [3.05, 3.63) is 114 Å². The molecule has 0 radical (unpaired) electrons. The van der Waals surface area contributed by atoms with Gasteiger partial charge in [-0.15, -0.1) is 0 Å². The van der Waals surface area contributed by atoms with Gasteiger partial charge in [0.15, 0.2) is 5.60 Å². The van der Waals surface area contributed by atoms with Crippen molar-refractivity contribution < 1.29 is 6.48 Å². The van der Waals surface area contributed by atoms with Crippen LogP contribution in [0.5, 0.6) is 0 Å². The van der Waals surface area contributed by atoms with Gasteiger partial charge in [0.1, 0.15) is 0 Å². The van der Waals surface area contributed by atoms with Gasteiger partial charge in [-0.1, -0.05) is 96.8 Å². The lowest BCUT2D eigenvalue weighted by molar-refractivity contribution is 0.155. The van der Waals surface area contributed by atoms with Crippen molar-refractivity contribution in [2.24, 2.45) is 0 Å². The molecule has 0 aliphatic rings. The summed E-state index contributed by atoms with van der Waals surface area (Å²) >= 11 is 0. The van der Waals surface area contributed by atoms with Crippen LogP contribution in [0.2, 0.25) is 0 Å². The van der Waals surface area contributed by atoms with Gasteiger partial charge in [0, 0.05) is 5.56 Å². The molecule has 0 heterocycles. The van der Waals surface area contributed by atoms with Gasteiger partial charge in [0.25, 0.3) is 0 Å². The summed E-state index contributed by atoms with van der Waals surface area (Å²) < 4.78 is 8.33. The van der Waals surface area contributed by atoms with Crippen LogP contribution in [0, 0.1) is 11.8 Å². The van der Waals surface area contributed by atoms with Crippen LogP contribution in [-0.4, -0.2) is 5.11 Å². The SMILES string of the molecule is [2H]/C(=C\C(O)(C#Cc1ccccc1)c1ccccc1)c1ccccc1. The molecule has 0 spiro atoms. The highest BCUT2D eigenvalue weighted by Gasteiger charge is 2.23. The molecule has 1 unspecified atom stereocenters. The van der Waals surface area contributed by atoms with Crippen molar-refractivity contribution >= 4 is 6.05 Å². The van der Waals surface area contributed by atoms with E-state index in [1.54, 1.807) is 0 Å². The zero-order valence-corrected chi connectivity index (χ0v) is 13.2. The smallest absolute Gasteiger partial charge is 0.170 e. The van der Waals surface area contributed by atoms with Crippen LogP contribution in [0.25, 0.3) is 6.05 Å². The first kappa shape index (κ1) is 14.5. The minimum Gasteiger partial charge on any atom is -0.370 e. The molecule has 0 aliphatic carbocycles. The quantitative estimate of drug-likeness (QED) is 0.699. The van der Waals surface area contributed by atoms with Gasteiger partial charge >= 0.3 is 0 Å². The van der Waals surface area contributed by atoms with Crippen molar-refractivity contribution in [3.63, 3.8) is 0 Å². The number of benzene rings is 3. The lowest BCUT2D eigenvalue weighted by Crippen LogP contribution is -2.20. The first-order valence-electron chi connectivity index (χ1n) is 8.28. The summed E-state index contributed by atoms with van der Waals surface area (Å²) in [6.07, 6.45) is 1.49. The summed E-state index contributed by atoms with van der Waals surface area (Å²) in [5, 5.41) is 11.2. The summed E-state index contributed by atoms with van der Waals surface area (Å²) in [4.78, 5) is 0. The van der Waals surface area contributed by atoms with Crippen molar-refractivity contribution in [2.75, 3.05) is 0 Å². The third-order valence-corrected chi connectivity index (χ3v) is 3.61. The second kappa shape index (κ2) is 7.46. The van der Waals surface area contributed by atoms with Gasteiger partial charge in [0.05, 0.1) is 1.37 Å². The van der Waals surface area contributed by atoms with E-state index < -0.39 is 5.60 Å². The Labute approximate surface area is 144 Å². The Balaban J connectivity index is 2.06. The fourth-order valence-electron chi connectivity index (χ4n) is 2.29. The number of hydrogen-bond acceptors (Lipinski definition) is 1. The highest BCUT2D eigenvalue weighted by atomic mass is 16.3. The minimum absolute atomic E-state index is 0.231. The Bertz CT molecular complexity index is 906. The summed E-state index contributed by atoms with van der Waals surface area (Å²) in [6, 6.07) is 28.3. The fourth-order valence-corrected chi connectivity index (χ4v) is 2.29. The Kier molecular flexibility index (Phi) is 4.51. The molecule has 1 atom stereocenters. The highest BCUT2D eigenvalue weighted by molar-refractivity contribution is 5.54. The van der Waals surface area contributed by atoms with Crippen LogP contribution < -0.4 is 0 Å². The molecule has 3 rings (SSSR count). The van der Waals surface area contributed by atoms with Crippen LogP contribution in [0.15, 0.2) is 97.1 Å². The molecule has 0 amide bonds. The highest BCUT2D eigenvalue weighted by Crippen LogP contribution is 2.23. The Morgan fingerprint density at radius 3 is 1.96 bits per heavy atom. The van der Waals surface area contributed by atoms with Crippen molar-refractivity contribution in [2.45, 2.75) is 5.60 Å². The Morgan fingerprint density at radius 2 is 1.33 bits per heavy atom. The third kappa shape index (κ3) is 4.01. The Morgan fingerprint density at radius 1 is 0.792 bits per heavy atom. The summed E-state index contributed by atoms with van der Waals surface area (Å²) in [5.41, 5.74) is 0.651. The molecule has 24 heavy (non-hydrogen) atoms. The van der Waals surface area contributed by atoms with Gasteiger partial charge in [0.2, 0.25) is 0 Å². The van der Waals surface area contributed by atoms with E-state index in [-0.39, 0.29) is 6.05 Å². The van der Waals surface area contributed by atoms with Gasteiger partial charge < -0.3 is 5.11 Å². The molecule has 1 heteroatoms. The maximum Gasteiger partial charge on any atom is 0.170 e. The molecule has 1 nitrogen and oxygen atoms in total. The maximum absolute atomic E-state index is 11.2. The second-order valence-corrected chi connectivity index (χ2v) is 5.40. The molecule has 0 bridgehead atoms. The molecule has 0 aromatic heterocycles. The zero-order valence-electron chi connectivity index (χ0n) is 14.2. The largest absolute Gasteiger partial charge is 0.370 e. The van der Waals surface area contributed by atoms with Crippen LogP contribution >= 0.6 is 0 Å². The van der Waals surface area contributed by atoms with Crippen molar-refractivity contribution in [1.82, 2.24) is 0 Å². The summed E-state index contributed by atoms with van der Waals surface area (Å²) in [6.45, 7) is 0. The molecule has 0 aliphatic heterocycles. The average Bonchev–Trinajstić information content (AvgIpc) is 2.68. The van der Waals surface area contributed by atoms with Gasteiger partial charge in [-0.05, 0) is 29.3 Å². The second-order valence-electron chi connectivity index (χ2n) is 5.40. The van der Waals surface area contributed by atoms with Crippen LogP contribution in [-0.2, 0) is 5.60 Å². The minimum atomic E-state index is -1.54. The van der Waals surface area contributed by atoms with E-state index in [1.165, 1.54) is 6.08 Å². The zero-order chi connectivity index (χ0) is 17.5. The molecule has 0 saturated carbocycles. The predicted molar refractivity (Wildman–Crippen MR) is 99.1 cm³/mol. The molecular formula is C23H18O. The van der Waals surface area contributed by atoms with E-state index in [2.05, 4.69) is 11.8 Å². The lowest BCUT2D eigenvalue weighted by atomic mass is 9.93. The molecule has 0 saturated heterocycles. The fraction of sp³-hybridized carbons (Fsp3) is 0.0435. The number of rotatable bonds is 3. The first-order chi connectivity index (χ1) is 12.2. The van der Waals surface area contributed by atoms with E-state index >= 15 is 0 Å². The topological polar surface area (TPSA) is 20.2 Å². The van der Waals surface area contributed by atoms with Crippen LogP contribution in [0.1, 0.15) is 18.1 Å². The third-order valence-electron chi connectivity index (χ3n) is 3.61. The molecule has 3 aromatic rings. The molecular weight excluding hydrogens is 292 g/mol. The molecule has 3 aromatic carbocycles. The lowest BCUT2D eigenvalue weighted by Gasteiger charge is -2.18. The summed E-state index contributed by atoms with van der Waals surface area (Å²) in [7, 11) is 0. The maximum atomic E-state index is 11.2. The predicted octanol–water partition coefficient (Wildman–Crippen LogP) is 4.64. The van der Waals surface area contributed by atoms with E-state index in [1.807, 2.05) is 91.0 Å². The normalized spacial score (nSPS) is 14.0. The van der Waals surface area contributed by atoms with Crippen LogP contribution in [0.4, 0.5) is 0 Å². The van der Waals surface area contributed by atoms with E-state index in [9.17, 15) is 5.11 Å². The monoisotopic (exact) mass is 311 g/mol. The van der Waals surface area contributed by atoms with E-state index in [0.717, 1.165) is 11.1 Å². The molecule has 1 N–H and O–H groups in total. The standard InChI is InChI=1S/C23H18O/c24-23(22-14-8-3-9-15-22,18-16-20-10-4-1-5-11-20)19-17-21-12-6-2-7-13-21/h1-16,18,24H/b18-16+/i16D. The average molecular weight is 311 g/mol. The Hall–Kier alpha value is -3.08. The molecule has 116 valence electrons. The van der Waals surface area contributed by atoms with Gasteiger partial charge in [-0.3, -0.25) is 0 Å². The van der Waals surface area contributed by atoms with E-state index in [4.69, 9.17) is 1.37 Å². The van der Waals surface area contributed by atoms with Crippen molar-refractivity contribution in [3.8, 4) is 11.8 Å². The van der Waals surface area contributed by atoms with Crippen molar-refractivity contribution in [1.29, 1.82) is 0 Å². The van der Waals surface area contributed by atoms with Gasteiger partial charge in [-0.2, -0.15) is 0 Å². The number of hydrogen-bond donors (Lipinski definition) is 1. The van der Waals surface area contributed by atoms with E-state index in [0.29, 0.717) is 5.56 Å². The summed E-state index contributed by atoms with van der Waals surface area (Å²) in [5.74, 6) is 5.95.